The minimum atomic E-state index is -1.71. The highest BCUT2D eigenvalue weighted by molar-refractivity contribution is 6.43. The fourth-order valence-corrected chi connectivity index (χ4v) is 2.80. The summed E-state index contributed by atoms with van der Waals surface area (Å²) in [7, 11) is -1.71. The fourth-order valence-electron chi connectivity index (χ4n) is 2.80. The molecule has 2 rings (SSSR count). The van der Waals surface area contributed by atoms with Gasteiger partial charge in [0, 0.05) is 6.54 Å². The topological polar surface area (TPSA) is 99.1 Å². The normalized spacial score (nSPS) is 18.2. The summed E-state index contributed by atoms with van der Waals surface area (Å²) < 4.78 is 5.33. The van der Waals surface area contributed by atoms with Crippen LogP contribution in [-0.2, 0) is 16.0 Å². The lowest BCUT2D eigenvalue weighted by molar-refractivity contribution is -0.129. The van der Waals surface area contributed by atoms with Gasteiger partial charge in [-0.2, -0.15) is 0 Å². The van der Waals surface area contributed by atoms with E-state index >= 15 is 0 Å². The number of benzene rings is 1. The van der Waals surface area contributed by atoms with Gasteiger partial charge in [-0.25, -0.2) is 4.79 Å². The second kappa shape index (κ2) is 9.24. The molecule has 0 saturated carbocycles. The molecular weight excluding hydrogens is 323 g/mol. The Morgan fingerprint density at radius 3 is 2.76 bits per heavy atom. The van der Waals surface area contributed by atoms with Crippen molar-refractivity contribution in [3.8, 4) is 0 Å². The number of hydrogen-bond acceptors (Lipinski definition) is 5. The van der Waals surface area contributed by atoms with Crippen molar-refractivity contribution < 1.29 is 24.4 Å². The van der Waals surface area contributed by atoms with Crippen molar-refractivity contribution in [3.05, 3.63) is 48.6 Å². The number of carbonyl (C=O) groups is 2. The number of nitrogens with zero attached hydrogens (tertiary/aromatic N) is 1. The highest BCUT2D eigenvalue weighted by atomic mass is 16.6. The number of hydrogen-bond donors (Lipinski definition) is 3. The zero-order valence-electron chi connectivity index (χ0n) is 14.0. The Kier molecular flexibility index (Phi) is 7.03. The Bertz CT molecular complexity index is 596. The van der Waals surface area contributed by atoms with Crippen molar-refractivity contribution in [3.63, 3.8) is 0 Å². The Morgan fingerprint density at radius 1 is 1.40 bits per heavy atom. The average Bonchev–Trinajstić information content (AvgIpc) is 2.61. The van der Waals surface area contributed by atoms with Crippen molar-refractivity contribution in [2.45, 2.75) is 31.3 Å². The SMILES string of the molecule is C=CC(=O)N1CCCC(OC(=O)N[C@@H](Cc2ccccc2)B(O)O)C1. The summed E-state index contributed by atoms with van der Waals surface area (Å²) in [5.74, 6) is -1.08. The molecule has 3 N–H and O–H groups in total. The molecule has 2 atom stereocenters. The maximum Gasteiger partial charge on any atom is 0.475 e. The second-order valence-electron chi connectivity index (χ2n) is 6.01. The molecule has 1 unspecified atom stereocenters. The van der Waals surface area contributed by atoms with Gasteiger partial charge in [0.15, 0.2) is 0 Å². The van der Waals surface area contributed by atoms with E-state index in [0.29, 0.717) is 19.5 Å². The van der Waals surface area contributed by atoms with Crippen molar-refractivity contribution in [1.29, 1.82) is 0 Å². The molecule has 134 valence electrons. The smallest absolute Gasteiger partial charge is 0.444 e. The number of rotatable bonds is 6. The van der Waals surface area contributed by atoms with E-state index in [0.717, 1.165) is 12.0 Å². The van der Waals surface area contributed by atoms with Crippen LogP contribution in [0.25, 0.3) is 0 Å². The molecule has 1 aromatic rings. The van der Waals surface area contributed by atoms with Crippen molar-refractivity contribution in [1.82, 2.24) is 10.2 Å². The van der Waals surface area contributed by atoms with Crippen LogP contribution in [0.2, 0.25) is 0 Å². The first-order valence-corrected chi connectivity index (χ1v) is 8.28. The van der Waals surface area contributed by atoms with Gasteiger partial charge in [0.2, 0.25) is 5.91 Å². The summed E-state index contributed by atoms with van der Waals surface area (Å²) in [5, 5.41) is 21.5. The minimum absolute atomic E-state index is 0.193. The van der Waals surface area contributed by atoms with E-state index in [-0.39, 0.29) is 12.3 Å². The lowest BCUT2D eigenvalue weighted by Gasteiger charge is -2.32. The first-order valence-electron chi connectivity index (χ1n) is 8.28. The highest BCUT2D eigenvalue weighted by Crippen LogP contribution is 2.14. The molecule has 1 heterocycles. The maximum atomic E-state index is 12.1. The van der Waals surface area contributed by atoms with Gasteiger partial charge >= 0.3 is 13.2 Å². The van der Waals surface area contributed by atoms with E-state index in [4.69, 9.17) is 4.74 Å². The molecule has 1 fully saturated rings. The fraction of sp³-hybridized carbons (Fsp3) is 0.412. The number of carbonyl (C=O) groups excluding carboxylic acids is 2. The minimum Gasteiger partial charge on any atom is -0.444 e. The number of ether oxygens (including phenoxy) is 1. The van der Waals surface area contributed by atoms with Gasteiger partial charge in [-0.3, -0.25) is 4.79 Å². The predicted octanol–water partition coefficient (Wildman–Crippen LogP) is 0.513. The molecule has 2 amide bonds. The standard InChI is InChI=1S/C17H23BN2O5/c1-2-16(21)20-10-6-9-14(12-20)25-17(22)19-15(18(23)24)11-13-7-4-3-5-8-13/h2-5,7-8,14-15,23-24H,1,6,9-12H2,(H,19,22)/t14?,15-/m0/s1. The Hall–Kier alpha value is -2.32. The molecule has 1 aliphatic rings. The van der Waals surface area contributed by atoms with Gasteiger partial charge in [-0.05, 0) is 30.9 Å². The van der Waals surface area contributed by atoms with E-state index in [1.807, 2.05) is 30.3 Å². The molecule has 0 radical (unpaired) electrons. The van der Waals surface area contributed by atoms with Gasteiger partial charge in [0.25, 0.3) is 0 Å². The molecular formula is C17H23BN2O5. The van der Waals surface area contributed by atoms with Crippen LogP contribution >= 0.6 is 0 Å². The van der Waals surface area contributed by atoms with Crippen LogP contribution in [0.1, 0.15) is 18.4 Å². The summed E-state index contributed by atoms with van der Waals surface area (Å²) in [5.41, 5.74) is 0.862. The molecule has 7 nitrogen and oxygen atoms in total. The van der Waals surface area contributed by atoms with Gasteiger partial charge in [-0.15, -0.1) is 0 Å². The van der Waals surface area contributed by atoms with E-state index in [2.05, 4.69) is 11.9 Å². The highest BCUT2D eigenvalue weighted by Gasteiger charge is 2.29. The van der Waals surface area contributed by atoms with Crippen LogP contribution < -0.4 is 5.32 Å². The Balaban J connectivity index is 1.88. The van der Waals surface area contributed by atoms with Crippen molar-refractivity contribution in [2.24, 2.45) is 0 Å². The number of amides is 2. The van der Waals surface area contributed by atoms with Gasteiger partial charge < -0.3 is 25.0 Å². The summed E-state index contributed by atoms with van der Waals surface area (Å²) in [6.07, 6.45) is 1.73. The van der Waals surface area contributed by atoms with E-state index in [1.165, 1.54) is 6.08 Å². The molecule has 0 aromatic heterocycles. The van der Waals surface area contributed by atoms with Crippen molar-refractivity contribution in [2.75, 3.05) is 13.1 Å². The number of likely N-dealkylation sites (tertiary alicyclic amines) is 1. The second-order valence-corrected chi connectivity index (χ2v) is 6.01. The monoisotopic (exact) mass is 346 g/mol. The number of alkyl carbamates (subject to hydrolysis) is 1. The summed E-state index contributed by atoms with van der Waals surface area (Å²) in [6.45, 7) is 4.37. The number of nitrogens with one attached hydrogen (secondary N) is 1. The van der Waals surface area contributed by atoms with Crippen LogP contribution in [0, 0.1) is 0 Å². The van der Waals surface area contributed by atoms with E-state index < -0.39 is 25.3 Å². The van der Waals surface area contributed by atoms with Gasteiger partial charge in [0.05, 0.1) is 12.5 Å². The van der Waals surface area contributed by atoms with Crippen LogP contribution in [0.3, 0.4) is 0 Å². The Morgan fingerprint density at radius 2 is 2.12 bits per heavy atom. The average molecular weight is 346 g/mol. The molecule has 0 bridgehead atoms. The van der Waals surface area contributed by atoms with Crippen molar-refractivity contribution >= 4 is 19.1 Å². The molecule has 0 aliphatic carbocycles. The summed E-state index contributed by atoms with van der Waals surface area (Å²) in [6, 6.07) is 9.20. The van der Waals surface area contributed by atoms with Gasteiger partial charge in [-0.1, -0.05) is 36.9 Å². The molecule has 1 saturated heterocycles. The lowest BCUT2D eigenvalue weighted by Crippen LogP contribution is -2.50. The third kappa shape index (κ3) is 5.92. The van der Waals surface area contributed by atoms with Crippen LogP contribution in [0.5, 0.6) is 0 Å². The lowest BCUT2D eigenvalue weighted by atomic mass is 9.76. The van der Waals surface area contributed by atoms with Crippen LogP contribution in [0.15, 0.2) is 43.0 Å². The van der Waals surface area contributed by atoms with Crippen LogP contribution in [0.4, 0.5) is 4.79 Å². The third-order valence-electron chi connectivity index (χ3n) is 4.10. The number of piperidine rings is 1. The Labute approximate surface area is 147 Å². The zero-order valence-corrected chi connectivity index (χ0v) is 14.0. The summed E-state index contributed by atoms with van der Waals surface area (Å²) >= 11 is 0. The quantitative estimate of drug-likeness (QED) is 0.515. The zero-order chi connectivity index (χ0) is 18.2. The molecule has 0 spiro atoms. The largest absolute Gasteiger partial charge is 0.475 e. The van der Waals surface area contributed by atoms with Crippen LogP contribution in [-0.4, -0.2) is 59.2 Å². The summed E-state index contributed by atoms with van der Waals surface area (Å²) in [4.78, 5) is 25.3. The first kappa shape index (κ1) is 19.0. The predicted molar refractivity (Wildman–Crippen MR) is 93.5 cm³/mol. The maximum absolute atomic E-state index is 12.1. The van der Waals surface area contributed by atoms with E-state index in [1.54, 1.807) is 4.90 Å². The molecule has 1 aromatic carbocycles. The molecule has 8 heteroatoms. The molecule has 25 heavy (non-hydrogen) atoms. The first-order chi connectivity index (χ1) is 12.0. The van der Waals surface area contributed by atoms with Gasteiger partial charge in [0.1, 0.15) is 6.10 Å². The van der Waals surface area contributed by atoms with E-state index in [9.17, 15) is 19.6 Å². The third-order valence-corrected chi connectivity index (χ3v) is 4.10. The molecule has 1 aliphatic heterocycles.